The van der Waals surface area contributed by atoms with Crippen LogP contribution < -0.4 is 4.90 Å². The van der Waals surface area contributed by atoms with Crippen molar-refractivity contribution >= 4 is 35.0 Å². The highest BCUT2D eigenvalue weighted by atomic mass is 35.5. The third-order valence-corrected chi connectivity index (χ3v) is 4.48. The quantitative estimate of drug-likeness (QED) is 0.640. The minimum Gasteiger partial charge on any atom is -0.411 e. The molecule has 2 aromatic carbocycles. The normalized spacial score (nSPS) is 10.6. The zero-order valence-corrected chi connectivity index (χ0v) is 14.4. The van der Waals surface area contributed by atoms with Crippen molar-refractivity contribution in [2.75, 3.05) is 17.7 Å². The molecule has 0 aliphatic carbocycles. The van der Waals surface area contributed by atoms with E-state index in [9.17, 15) is 4.79 Å². The highest BCUT2D eigenvalue weighted by molar-refractivity contribution is 7.99. The number of aromatic nitrogens is 2. The van der Waals surface area contributed by atoms with Gasteiger partial charge in [-0.15, -0.1) is 10.2 Å². The average molecular weight is 360 g/mol. The number of hydrogen-bond donors (Lipinski definition) is 0. The Labute approximate surface area is 148 Å². The lowest BCUT2D eigenvalue weighted by Gasteiger charge is -2.16. The van der Waals surface area contributed by atoms with Crippen LogP contribution >= 0.6 is 23.4 Å². The highest BCUT2D eigenvalue weighted by Gasteiger charge is 2.15. The topological polar surface area (TPSA) is 59.2 Å². The molecule has 0 spiro atoms. The van der Waals surface area contributed by atoms with Crippen LogP contribution in [0.25, 0.3) is 11.5 Å². The predicted octanol–water partition coefficient (Wildman–Crippen LogP) is 4.15. The fourth-order valence-corrected chi connectivity index (χ4v) is 2.92. The maximum Gasteiger partial charge on any atom is 0.277 e. The van der Waals surface area contributed by atoms with Crippen molar-refractivity contribution in [3.63, 3.8) is 0 Å². The first kappa shape index (κ1) is 16.5. The van der Waals surface area contributed by atoms with E-state index < -0.39 is 0 Å². The molecular formula is C17H14ClN3O2S. The van der Waals surface area contributed by atoms with Crippen LogP contribution in [0.4, 0.5) is 5.69 Å². The minimum absolute atomic E-state index is 0.0521. The molecule has 0 aliphatic heterocycles. The molecule has 0 saturated carbocycles. The van der Waals surface area contributed by atoms with Gasteiger partial charge in [-0.3, -0.25) is 4.79 Å². The maximum absolute atomic E-state index is 12.2. The van der Waals surface area contributed by atoms with Gasteiger partial charge in [0, 0.05) is 12.7 Å². The van der Waals surface area contributed by atoms with Crippen molar-refractivity contribution in [1.29, 1.82) is 0 Å². The van der Waals surface area contributed by atoms with Crippen LogP contribution in [0, 0.1) is 0 Å². The predicted molar refractivity (Wildman–Crippen MR) is 95.3 cm³/mol. The monoisotopic (exact) mass is 359 g/mol. The molecule has 0 bridgehead atoms. The second-order valence-electron chi connectivity index (χ2n) is 4.93. The summed E-state index contributed by atoms with van der Waals surface area (Å²) >= 11 is 7.31. The van der Waals surface area contributed by atoms with E-state index in [-0.39, 0.29) is 11.7 Å². The number of carbonyl (C=O) groups is 1. The molecular weight excluding hydrogens is 346 g/mol. The fourth-order valence-electron chi connectivity index (χ4n) is 2.03. The number of carbonyl (C=O) groups excluding carboxylic acids is 1. The Balaban J connectivity index is 1.64. The van der Waals surface area contributed by atoms with Gasteiger partial charge in [-0.25, -0.2) is 0 Å². The fraction of sp³-hybridized carbons (Fsp3) is 0.118. The van der Waals surface area contributed by atoms with Crippen LogP contribution in [-0.2, 0) is 4.79 Å². The Morgan fingerprint density at radius 3 is 2.58 bits per heavy atom. The summed E-state index contributed by atoms with van der Waals surface area (Å²) in [5, 5.41) is 8.81. The molecule has 3 rings (SSSR count). The van der Waals surface area contributed by atoms with E-state index in [1.807, 2.05) is 42.5 Å². The lowest BCUT2D eigenvalue weighted by atomic mass is 10.2. The first-order valence-electron chi connectivity index (χ1n) is 7.18. The number of rotatable bonds is 5. The zero-order chi connectivity index (χ0) is 16.9. The molecule has 24 heavy (non-hydrogen) atoms. The average Bonchev–Trinajstić information content (AvgIpc) is 3.09. The molecule has 0 saturated heterocycles. The van der Waals surface area contributed by atoms with Crippen molar-refractivity contribution in [2.24, 2.45) is 0 Å². The summed E-state index contributed by atoms with van der Waals surface area (Å²) in [5.74, 6) is 0.492. The summed E-state index contributed by atoms with van der Waals surface area (Å²) in [5.41, 5.74) is 1.51. The molecule has 0 N–H and O–H groups in total. The number of para-hydroxylation sites is 1. The van der Waals surface area contributed by atoms with Gasteiger partial charge < -0.3 is 9.32 Å². The highest BCUT2D eigenvalue weighted by Crippen LogP contribution is 2.28. The molecule has 0 radical (unpaired) electrons. The molecule has 3 aromatic rings. The van der Waals surface area contributed by atoms with Gasteiger partial charge in [0.15, 0.2) is 0 Å². The standard InChI is InChI=1S/C17H14ClN3O2S/c1-21(12-7-3-2-4-8-12)15(22)11-24-17-20-19-16(23-17)13-9-5-6-10-14(13)18/h2-10H,11H2,1H3. The first-order chi connectivity index (χ1) is 11.6. The number of benzene rings is 2. The second kappa shape index (κ2) is 7.51. The Bertz CT molecular complexity index is 839. The molecule has 122 valence electrons. The van der Waals surface area contributed by atoms with Crippen LogP contribution in [0.2, 0.25) is 5.02 Å². The number of hydrogen-bond acceptors (Lipinski definition) is 5. The third kappa shape index (κ3) is 3.77. The van der Waals surface area contributed by atoms with Crippen LogP contribution in [0.1, 0.15) is 0 Å². The second-order valence-corrected chi connectivity index (χ2v) is 6.26. The van der Waals surface area contributed by atoms with Crippen molar-refractivity contribution < 1.29 is 9.21 Å². The largest absolute Gasteiger partial charge is 0.411 e. The van der Waals surface area contributed by atoms with Crippen LogP contribution in [0.5, 0.6) is 0 Å². The molecule has 1 aromatic heterocycles. The van der Waals surface area contributed by atoms with Crippen LogP contribution in [-0.4, -0.2) is 28.9 Å². The Morgan fingerprint density at radius 1 is 1.12 bits per heavy atom. The van der Waals surface area contributed by atoms with Gasteiger partial charge in [0.25, 0.3) is 5.22 Å². The van der Waals surface area contributed by atoms with E-state index in [0.29, 0.717) is 21.7 Å². The summed E-state index contributed by atoms with van der Waals surface area (Å²) in [6.45, 7) is 0. The summed E-state index contributed by atoms with van der Waals surface area (Å²) in [6, 6.07) is 16.7. The summed E-state index contributed by atoms with van der Waals surface area (Å²) in [7, 11) is 1.74. The van der Waals surface area contributed by atoms with E-state index in [2.05, 4.69) is 10.2 Å². The first-order valence-corrected chi connectivity index (χ1v) is 8.54. The molecule has 5 nitrogen and oxygen atoms in total. The van der Waals surface area contributed by atoms with E-state index in [0.717, 1.165) is 5.69 Å². The number of nitrogens with zero attached hydrogens (tertiary/aromatic N) is 3. The summed E-state index contributed by atoms with van der Waals surface area (Å²) in [4.78, 5) is 13.8. The van der Waals surface area contributed by atoms with E-state index in [4.69, 9.17) is 16.0 Å². The zero-order valence-electron chi connectivity index (χ0n) is 12.8. The van der Waals surface area contributed by atoms with Gasteiger partial charge in [0.2, 0.25) is 11.8 Å². The van der Waals surface area contributed by atoms with E-state index >= 15 is 0 Å². The van der Waals surface area contributed by atoms with Gasteiger partial charge in [0.1, 0.15) is 0 Å². The molecule has 1 heterocycles. The number of amides is 1. The molecule has 0 aliphatic rings. The molecule has 0 unspecified atom stereocenters. The Hall–Kier alpha value is -2.31. The van der Waals surface area contributed by atoms with E-state index in [1.54, 1.807) is 24.1 Å². The maximum atomic E-state index is 12.2. The minimum atomic E-state index is -0.0521. The number of anilines is 1. The van der Waals surface area contributed by atoms with Crippen LogP contribution in [0.3, 0.4) is 0 Å². The van der Waals surface area contributed by atoms with Crippen LogP contribution in [0.15, 0.2) is 64.2 Å². The van der Waals surface area contributed by atoms with Gasteiger partial charge in [-0.1, -0.05) is 53.7 Å². The molecule has 7 heteroatoms. The van der Waals surface area contributed by atoms with E-state index in [1.165, 1.54) is 11.8 Å². The van der Waals surface area contributed by atoms with Gasteiger partial charge in [0.05, 0.1) is 16.3 Å². The van der Waals surface area contributed by atoms with Gasteiger partial charge in [-0.05, 0) is 24.3 Å². The van der Waals surface area contributed by atoms with Crippen molar-refractivity contribution in [2.45, 2.75) is 5.22 Å². The van der Waals surface area contributed by atoms with Crippen molar-refractivity contribution in [3.8, 4) is 11.5 Å². The van der Waals surface area contributed by atoms with Gasteiger partial charge >= 0.3 is 0 Å². The smallest absolute Gasteiger partial charge is 0.277 e. The van der Waals surface area contributed by atoms with Crippen molar-refractivity contribution in [1.82, 2.24) is 10.2 Å². The molecule has 0 fully saturated rings. The van der Waals surface area contributed by atoms with Gasteiger partial charge in [-0.2, -0.15) is 0 Å². The third-order valence-electron chi connectivity index (χ3n) is 3.35. The molecule has 1 amide bonds. The lowest BCUT2D eigenvalue weighted by molar-refractivity contribution is -0.115. The summed E-state index contributed by atoms with van der Waals surface area (Å²) in [6.07, 6.45) is 0. The number of thioether (sulfide) groups is 1. The summed E-state index contributed by atoms with van der Waals surface area (Å²) < 4.78 is 5.57. The Kier molecular flexibility index (Phi) is 5.17. The lowest BCUT2D eigenvalue weighted by Crippen LogP contribution is -2.27. The molecule has 0 atom stereocenters. The number of halogens is 1. The Morgan fingerprint density at radius 2 is 1.83 bits per heavy atom. The van der Waals surface area contributed by atoms with Crippen molar-refractivity contribution in [3.05, 3.63) is 59.6 Å². The SMILES string of the molecule is CN(C(=O)CSc1nnc(-c2ccccc2Cl)o1)c1ccccc1.